The first kappa shape index (κ1) is 18.6. The first-order valence-corrected chi connectivity index (χ1v) is 10.1. The number of hydrogen-bond acceptors (Lipinski definition) is 4. The molecule has 1 N–H and O–H groups in total. The molecule has 4 rings (SSSR count). The number of carbonyl (C=O) groups is 1. The van der Waals surface area contributed by atoms with Gasteiger partial charge in [0.15, 0.2) is 11.5 Å². The minimum absolute atomic E-state index is 0.0366. The van der Waals surface area contributed by atoms with Crippen molar-refractivity contribution >= 4 is 11.7 Å². The van der Waals surface area contributed by atoms with E-state index in [2.05, 4.69) is 10.3 Å². The van der Waals surface area contributed by atoms with Gasteiger partial charge >= 0.3 is 6.03 Å². The summed E-state index contributed by atoms with van der Waals surface area (Å²) in [5, 5.41) is 3.09. The molecule has 0 unspecified atom stereocenters. The second-order valence-corrected chi connectivity index (χ2v) is 7.44. The number of carbonyl (C=O) groups excluding carboxylic acids is 1. The Morgan fingerprint density at radius 1 is 1.21 bits per heavy atom. The van der Waals surface area contributed by atoms with Crippen LogP contribution >= 0.6 is 0 Å². The summed E-state index contributed by atoms with van der Waals surface area (Å²) < 4.78 is 11.3. The molecule has 1 saturated heterocycles. The monoisotopic (exact) mass is 381 g/mol. The number of amides is 2. The molecule has 3 heterocycles. The van der Waals surface area contributed by atoms with Gasteiger partial charge in [-0.1, -0.05) is 6.07 Å². The van der Waals surface area contributed by atoms with E-state index in [9.17, 15) is 4.79 Å². The third-order valence-electron chi connectivity index (χ3n) is 5.48. The summed E-state index contributed by atoms with van der Waals surface area (Å²) in [6.07, 6.45) is 6.90. The lowest BCUT2D eigenvalue weighted by molar-refractivity contribution is 0.158. The molecule has 2 aliphatic heterocycles. The predicted molar refractivity (Wildman–Crippen MR) is 108 cm³/mol. The molecular formula is C22H27N3O3. The third-order valence-corrected chi connectivity index (χ3v) is 5.48. The van der Waals surface area contributed by atoms with Gasteiger partial charge in [-0.25, -0.2) is 4.79 Å². The van der Waals surface area contributed by atoms with E-state index in [1.54, 1.807) is 0 Å². The molecule has 0 bridgehead atoms. The molecule has 1 aromatic heterocycles. The predicted octanol–water partition coefficient (Wildman–Crippen LogP) is 4.18. The Balaban J connectivity index is 1.43. The van der Waals surface area contributed by atoms with E-state index in [-0.39, 0.29) is 12.1 Å². The zero-order valence-corrected chi connectivity index (χ0v) is 16.3. The summed E-state index contributed by atoms with van der Waals surface area (Å²) >= 11 is 0. The Kier molecular flexibility index (Phi) is 5.65. The summed E-state index contributed by atoms with van der Waals surface area (Å²) in [7, 11) is 0. The van der Waals surface area contributed by atoms with Crippen LogP contribution < -0.4 is 14.8 Å². The minimum Gasteiger partial charge on any atom is -0.486 e. The van der Waals surface area contributed by atoms with Gasteiger partial charge in [0, 0.05) is 36.2 Å². The van der Waals surface area contributed by atoms with E-state index in [0.717, 1.165) is 54.9 Å². The molecule has 0 saturated carbocycles. The number of aromatic nitrogens is 1. The fraction of sp³-hybridized carbons (Fsp3) is 0.455. The van der Waals surface area contributed by atoms with Crippen molar-refractivity contribution in [1.29, 1.82) is 0 Å². The van der Waals surface area contributed by atoms with Crippen molar-refractivity contribution in [3.05, 3.63) is 47.8 Å². The van der Waals surface area contributed by atoms with Crippen LogP contribution in [-0.4, -0.2) is 41.7 Å². The highest BCUT2D eigenvalue weighted by atomic mass is 16.6. The minimum atomic E-state index is -0.0366. The van der Waals surface area contributed by atoms with Crippen LogP contribution in [0.5, 0.6) is 11.5 Å². The molecule has 2 aliphatic rings. The highest BCUT2D eigenvalue weighted by molar-refractivity contribution is 5.91. The maximum absolute atomic E-state index is 13.0. The summed E-state index contributed by atoms with van der Waals surface area (Å²) in [6.45, 7) is 3.86. The topological polar surface area (TPSA) is 63.7 Å². The number of fused-ring (bicyclic) bond motifs is 1. The van der Waals surface area contributed by atoms with Gasteiger partial charge in [0.05, 0.1) is 0 Å². The highest BCUT2D eigenvalue weighted by Crippen LogP contribution is 2.35. The summed E-state index contributed by atoms with van der Waals surface area (Å²) in [6, 6.07) is 10.00. The zero-order chi connectivity index (χ0) is 19.3. The van der Waals surface area contributed by atoms with Gasteiger partial charge in [-0.15, -0.1) is 0 Å². The number of hydrogen-bond donors (Lipinski definition) is 1. The van der Waals surface area contributed by atoms with Crippen LogP contribution in [0.2, 0.25) is 0 Å². The van der Waals surface area contributed by atoms with Crippen molar-refractivity contribution in [3.63, 3.8) is 0 Å². The molecule has 1 fully saturated rings. The van der Waals surface area contributed by atoms with E-state index in [1.165, 1.54) is 6.42 Å². The number of anilines is 1. The molecule has 28 heavy (non-hydrogen) atoms. The number of likely N-dealkylation sites (tertiary alicyclic amines) is 1. The number of nitrogens with zero attached hydrogens (tertiary/aromatic N) is 2. The number of piperidine rings is 1. The van der Waals surface area contributed by atoms with Crippen LogP contribution in [0.15, 0.2) is 36.5 Å². The van der Waals surface area contributed by atoms with Crippen LogP contribution in [0, 0.1) is 6.92 Å². The Morgan fingerprint density at radius 2 is 2.04 bits per heavy atom. The second kappa shape index (κ2) is 8.50. The molecule has 0 aliphatic carbocycles. The van der Waals surface area contributed by atoms with Crippen LogP contribution in [0.25, 0.3) is 0 Å². The highest BCUT2D eigenvalue weighted by Gasteiger charge is 2.27. The van der Waals surface area contributed by atoms with Crippen LogP contribution in [0.3, 0.4) is 0 Å². The zero-order valence-electron chi connectivity index (χ0n) is 16.3. The van der Waals surface area contributed by atoms with Crippen molar-refractivity contribution in [2.75, 3.05) is 25.1 Å². The quantitative estimate of drug-likeness (QED) is 0.863. The van der Waals surface area contributed by atoms with Crippen LogP contribution in [0.4, 0.5) is 10.5 Å². The first-order valence-electron chi connectivity index (χ1n) is 10.1. The summed E-state index contributed by atoms with van der Waals surface area (Å²) in [5.74, 6) is 1.44. The Labute approximate surface area is 165 Å². The maximum Gasteiger partial charge on any atom is 0.322 e. The largest absolute Gasteiger partial charge is 0.486 e. The van der Waals surface area contributed by atoms with Crippen molar-refractivity contribution in [2.45, 2.75) is 45.1 Å². The molecule has 6 heteroatoms. The van der Waals surface area contributed by atoms with Gasteiger partial charge in [0.2, 0.25) is 0 Å². The molecule has 1 atom stereocenters. The molecule has 0 radical (unpaired) electrons. The van der Waals surface area contributed by atoms with Gasteiger partial charge in [0.25, 0.3) is 0 Å². The molecule has 2 aromatic rings. The van der Waals surface area contributed by atoms with Crippen molar-refractivity contribution in [1.82, 2.24) is 9.88 Å². The summed E-state index contributed by atoms with van der Waals surface area (Å²) in [5.41, 5.74) is 2.83. The van der Waals surface area contributed by atoms with Gasteiger partial charge in [0.1, 0.15) is 13.2 Å². The molecule has 0 spiro atoms. The van der Waals surface area contributed by atoms with Crippen LogP contribution in [0.1, 0.15) is 36.9 Å². The van der Waals surface area contributed by atoms with Gasteiger partial charge in [-0.05, 0) is 62.8 Å². The smallest absolute Gasteiger partial charge is 0.322 e. The molecule has 2 amide bonds. The van der Waals surface area contributed by atoms with Crippen molar-refractivity contribution < 1.29 is 14.3 Å². The Bertz CT molecular complexity index is 825. The van der Waals surface area contributed by atoms with E-state index in [1.807, 2.05) is 48.4 Å². The lowest BCUT2D eigenvalue weighted by atomic mass is 9.97. The number of pyridine rings is 1. The maximum atomic E-state index is 13.0. The first-order chi connectivity index (χ1) is 13.7. The van der Waals surface area contributed by atoms with Crippen molar-refractivity contribution in [2.24, 2.45) is 0 Å². The number of rotatable bonds is 4. The third kappa shape index (κ3) is 4.21. The van der Waals surface area contributed by atoms with Gasteiger partial charge < -0.3 is 19.7 Å². The van der Waals surface area contributed by atoms with E-state index >= 15 is 0 Å². The summed E-state index contributed by atoms with van der Waals surface area (Å²) in [4.78, 5) is 19.4. The lowest BCUT2D eigenvalue weighted by Crippen LogP contribution is -2.46. The fourth-order valence-electron chi connectivity index (χ4n) is 3.94. The number of nitrogens with one attached hydrogen (secondary N) is 1. The number of urea groups is 1. The number of benzene rings is 1. The average molecular weight is 381 g/mol. The standard InChI is InChI=1S/C22H27N3O3/c1-16-14-20-21(28-13-12-27-20)15-19(16)24-22(26)25-11-5-3-7-18(25)9-8-17-6-2-4-10-23-17/h2,4,6,10,14-15,18H,3,5,7-9,11-13H2,1H3,(H,24,26)/t18-/m1/s1. The van der Waals surface area contributed by atoms with E-state index in [4.69, 9.17) is 9.47 Å². The van der Waals surface area contributed by atoms with Gasteiger partial charge in [-0.2, -0.15) is 0 Å². The second-order valence-electron chi connectivity index (χ2n) is 7.44. The molecular weight excluding hydrogens is 354 g/mol. The Morgan fingerprint density at radius 3 is 2.82 bits per heavy atom. The normalized spacial score (nSPS) is 18.6. The molecule has 148 valence electrons. The SMILES string of the molecule is Cc1cc2c(cc1NC(=O)N1CCCC[C@@H]1CCc1ccccn1)OCCO2. The molecule has 6 nitrogen and oxygen atoms in total. The average Bonchev–Trinajstić information content (AvgIpc) is 2.73. The van der Waals surface area contributed by atoms with Crippen molar-refractivity contribution in [3.8, 4) is 11.5 Å². The molecule has 1 aromatic carbocycles. The van der Waals surface area contributed by atoms with E-state index in [0.29, 0.717) is 19.0 Å². The van der Waals surface area contributed by atoms with Gasteiger partial charge in [-0.3, -0.25) is 4.98 Å². The number of ether oxygens (including phenoxy) is 2. The number of aryl methyl sites for hydroxylation is 2. The Hall–Kier alpha value is -2.76. The van der Waals surface area contributed by atoms with Crippen LogP contribution in [-0.2, 0) is 6.42 Å². The lowest BCUT2D eigenvalue weighted by Gasteiger charge is -2.36. The van der Waals surface area contributed by atoms with E-state index < -0.39 is 0 Å². The fourth-order valence-corrected chi connectivity index (χ4v) is 3.94.